The molecule has 3 aromatic rings. The number of nitrogens with one attached hydrogen (secondary N) is 2. The number of nitrogens with zero attached hydrogens (tertiary/aromatic N) is 3. The second-order valence-corrected chi connectivity index (χ2v) is 9.12. The van der Waals surface area contributed by atoms with E-state index in [-0.39, 0.29) is 18.0 Å². The Bertz CT molecular complexity index is 1160. The van der Waals surface area contributed by atoms with Crippen LogP contribution in [-0.4, -0.2) is 66.0 Å². The predicted octanol–water partition coefficient (Wildman–Crippen LogP) is 3.75. The molecule has 0 aliphatic carbocycles. The lowest BCUT2D eigenvalue weighted by Gasteiger charge is -2.25. The Morgan fingerprint density at radius 2 is 1.88 bits per heavy atom. The molecule has 178 valence electrons. The molecule has 2 heterocycles. The van der Waals surface area contributed by atoms with Crippen molar-refractivity contribution >= 4 is 28.5 Å². The average Bonchev–Trinajstić information content (AvgIpc) is 3.28. The predicted molar refractivity (Wildman–Crippen MR) is 136 cm³/mol. The SMILES string of the molecule is Cc1ccc(CC(=O)N(C)C2CCN(CCNC(=O)Nc3cc(C)nc4ccccc34)C2)cc1. The van der Waals surface area contributed by atoms with Crippen LogP contribution in [0.4, 0.5) is 10.5 Å². The summed E-state index contributed by atoms with van der Waals surface area (Å²) in [5, 5.41) is 6.83. The number of fused-ring (bicyclic) bond motifs is 1. The molecule has 1 aliphatic rings. The van der Waals surface area contributed by atoms with E-state index in [0.717, 1.165) is 53.9 Å². The van der Waals surface area contributed by atoms with Gasteiger partial charge in [-0.1, -0.05) is 48.0 Å². The van der Waals surface area contributed by atoms with Gasteiger partial charge in [0.05, 0.1) is 17.6 Å². The number of hydrogen-bond donors (Lipinski definition) is 2. The molecule has 0 bridgehead atoms. The summed E-state index contributed by atoms with van der Waals surface area (Å²) in [6.45, 7) is 7.01. The molecular formula is C27H33N5O2. The van der Waals surface area contributed by atoms with Gasteiger partial charge in [0.2, 0.25) is 5.91 Å². The highest BCUT2D eigenvalue weighted by Gasteiger charge is 2.28. The van der Waals surface area contributed by atoms with Crippen LogP contribution in [0, 0.1) is 13.8 Å². The van der Waals surface area contributed by atoms with Crippen LogP contribution in [0.3, 0.4) is 0 Å². The summed E-state index contributed by atoms with van der Waals surface area (Å²) < 4.78 is 0. The normalized spacial score (nSPS) is 15.9. The highest BCUT2D eigenvalue weighted by atomic mass is 16.2. The summed E-state index contributed by atoms with van der Waals surface area (Å²) in [5.41, 5.74) is 4.72. The van der Waals surface area contributed by atoms with E-state index in [2.05, 4.69) is 20.5 Å². The number of carbonyl (C=O) groups is 2. The van der Waals surface area contributed by atoms with Gasteiger partial charge in [-0.2, -0.15) is 0 Å². The van der Waals surface area contributed by atoms with Crippen molar-refractivity contribution in [3.05, 3.63) is 71.4 Å². The smallest absolute Gasteiger partial charge is 0.319 e. The first-order valence-electron chi connectivity index (χ1n) is 11.8. The zero-order valence-electron chi connectivity index (χ0n) is 20.2. The Balaban J connectivity index is 1.22. The molecule has 1 aliphatic heterocycles. The van der Waals surface area contributed by atoms with Crippen LogP contribution in [0.2, 0.25) is 0 Å². The largest absolute Gasteiger partial charge is 0.341 e. The zero-order chi connectivity index (χ0) is 24.1. The maximum atomic E-state index is 12.7. The van der Waals surface area contributed by atoms with Crippen molar-refractivity contribution in [1.82, 2.24) is 20.1 Å². The van der Waals surface area contributed by atoms with E-state index in [1.807, 2.05) is 80.4 Å². The summed E-state index contributed by atoms with van der Waals surface area (Å²) in [6, 6.07) is 17.8. The van der Waals surface area contributed by atoms with Crippen LogP contribution in [0.25, 0.3) is 10.9 Å². The summed E-state index contributed by atoms with van der Waals surface area (Å²) in [7, 11) is 1.90. The third-order valence-corrected chi connectivity index (χ3v) is 6.47. The minimum absolute atomic E-state index is 0.146. The van der Waals surface area contributed by atoms with E-state index in [0.29, 0.717) is 13.0 Å². The maximum Gasteiger partial charge on any atom is 0.319 e. The molecule has 1 fully saturated rings. The molecule has 2 N–H and O–H groups in total. The highest BCUT2D eigenvalue weighted by molar-refractivity contribution is 6.00. The molecule has 3 amide bonds. The molecule has 1 atom stereocenters. The third-order valence-electron chi connectivity index (χ3n) is 6.47. The number of para-hydroxylation sites is 1. The number of aryl methyl sites for hydroxylation is 2. The number of amides is 3. The molecule has 7 nitrogen and oxygen atoms in total. The molecule has 1 unspecified atom stereocenters. The number of urea groups is 1. The second kappa shape index (κ2) is 10.7. The molecule has 7 heteroatoms. The number of rotatable bonds is 7. The molecule has 2 aromatic carbocycles. The first-order valence-corrected chi connectivity index (χ1v) is 11.8. The van der Waals surface area contributed by atoms with Gasteiger partial charge < -0.3 is 15.5 Å². The van der Waals surface area contributed by atoms with Gasteiger partial charge in [0.1, 0.15) is 0 Å². The third kappa shape index (κ3) is 5.91. The minimum atomic E-state index is -0.225. The average molecular weight is 460 g/mol. The number of pyridine rings is 1. The molecule has 0 saturated carbocycles. The van der Waals surface area contributed by atoms with Crippen molar-refractivity contribution in [2.75, 3.05) is 38.5 Å². The van der Waals surface area contributed by atoms with E-state index in [4.69, 9.17) is 0 Å². The summed E-state index contributed by atoms with van der Waals surface area (Å²) in [4.78, 5) is 33.9. The molecule has 34 heavy (non-hydrogen) atoms. The fourth-order valence-corrected chi connectivity index (χ4v) is 4.45. The van der Waals surface area contributed by atoms with Crippen molar-refractivity contribution in [2.45, 2.75) is 32.7 Å². The van der Waals surface area contributed by atoms with Gasteiger partial charge in [-0.15, -0.1) is 0 Å². The number of likely N-dealkylation sites (N-methyl/N-ethyl adjacent to an activating group) is 1. The van der Waals surface area contributed by atoms with E-state index in [9.17, 15) is 9.59 Å². The summed E-state index contributed by atoms with van der Waals surface area (Å²) in [5.74, 6) is 0.146. The monoisotopic (exact) mass is 459 g/mol. The lowest BCUT2D eigenvalue weighted by atomic mass is 10.1. The van der Waals surface area contributed by atoms with Crippen molar-refractivity contribution in [3.8, 4) is 0 Å². The lowest BCUT2D eigenvalue weighted by Crippen LogP contribution is -2.41. The Kier molecular flexibility index (Phi) is 7.43. The molecule has 0 spiro atoms. The van der Waals surface area contributed by atoms with Gasteiger partial charge in [0, 0.05) is 50.3 Å². The van der Waals surface area contributed by atoms with Crippen LogP contribution < -0.4 is 10.6 Å². The quantitative estimate of drug-likeness (QED) is 0.564. The summed E-state index contributed by atoms with van der Waals surface area (Å²) >= 11 is 0. The Labute approximate surface area is 201 Å². The number of anilines is 1. The van der Waals surface area contributed by atoms with Crippen molar-refractivity contribution < 1.29 is 9.59 Å². The van der Waals surface area contributed by atoms with Gasteiger partial charge in [-0.25, -0.2) is 4.79 Å². The van der Waals surface area contributed by atoms with E-state index in [1.54, 1.807) is 0 Å². The maximum absolute atomic E-state index is 12.7. The zero-order valence-corrected chi connectivity index (χ0v) is 20.2. The first-order chi connectivity index (χ1) is 16.4. The van der Waals surface area contributed by atoms with Crippen molar-refractivity contribution in [3.63, 3.8) is 0 Å². The number of likely N-dealkylation sites (tertiary alicyclic amines) is 1. The van der Waals surface area contributed by atoms with E-state index >= 15 is 0 Å². The molecule has 0 radical (unpaired) electrons. The van der Waals surface area contributed by atoms with Gasteiger partial charge in [-0.3, -0.25) is 14.7 Å². The minimum Gasteiger partial charge on any atom is -0.341 e. The van der Waals surface area contributed by atoms with Gasteiger partial charge >= 0.3 is 6.03 Å². The van der Waals surface area contributed by atoms with Crippen molar-refractivity contribution in [1.29, 1.82) is 0 Å². The van der Waals surface area contributed by atoms with Gasteiger partial charge in [-0.05, 0) is 38.0 Å². The fraction of sp³-hybridized carbons (Fsp3) is 0.370. The number of hydrogen-bond acceptors (Lipinski definition) is 4. The highest BCUT2D eigenvalue weighted by Crippen LogP contribution is 2.22. The van der Waals surface area contributed by atoms with E-state index < -0.39 is 0 Å². The number of benzene rings is 2. The van der Waals surface area contributed by atoms with Crippen LogP contribution in [0.1, 0.15) is 23.2 Å². The van der Waals surface area contributed by atoms with Crippen LogP contribution in [-0.2, 0) is 11.2 Å². The molecular weight excluding hydrogens is 426 g/mol. The Morgan fingerprint density at radius 3 is 2.68 bits per heavy atom. The van der Waals surface area contributed by atoms with Crippen LogP contribution in [0.5, 0.6) is 0 Å². The molecule has 1 aromatic heterocycles. The molecule has 4 rings (SSSR count). The van der Waals surface area contributed by atoms with Crippen LogP contribution >= 0.6 is 0 Å². The first kappa shape index (κ1) is 23.7. The van der Waals surface area contributed by atoms with E-state index in [1.165, 1.54) is 5.56 Å². The standard InChI is InChI=1S/C27H33N5O2/c1-19-8-10-21(11-9-19)17-26(33)31(3)22-12-14-32(18-22)15-13-28-27(34)30-25-16-20(2)29-24-7-5-4-6-23(24)25/h4-11,16,22H,12-15,17-18H2,1-3H3,(H2,28,29,30,34). The Morgan fingerprint density at radius 1 is 1.12 bits per heavy atom. The van der Waals surface area contributed by atoms with Gasteiger partial charge in [0.25, 0.3) is 0 Å². The van der Waals surface area contributed by atoms with Crippen molar-refractivity contribution in [2.24, 2.45) is 0 Å². The lowest BCUT2D eigenvalue weighted by molar-refractivity contribution is -0.131. The van der Waals surface area contributed by atoms with Crippen LogP contribution in [0.15, 0.2) is 54.6 Å². The topological polar surface area (TPSA) is 77.6 Å². The number of aromatic nitrogens is 1. The second-order valence-electron chi connectivity index (χ2n) is 9.12. The summed E-state index contributed by atoms with van der Waals surface area (Å²) in [6.07, 6.45) is 1.38. The fourth-order valence-electron chi connectivity index (χ4n) is 4.45. The number of carbonyl (C=O) groups excluding carboxylic acids is 2. The Hall–Kier alpha value is -3.45. The molecule has 1 saturated heterocycles. The van der Waals surface area contributed by atoms with Gasteiger partial charge in [0.15, 0.2) is 0 Å².